The third-order valence-corrected chi connectivity index (χ3v) is 8.56. The average molecular weight is 385 g/mol. The van der Waals surface area contributed by atoms with E-state index in [1.165, 1.54) is 66.5 Å². The summed E-state index contributed by atoms with van der Waals surface area (Å²) in [5.74, 6) is 2.02. The normalized spacial score (nSPS) is 30.6. The number of aromatic amines is 1. The Morgan fingerprint density at radius 2 is 2.00 bits per heavy atom. The second-order valence-electron chi connectivity index (χ2n) is 10.1. The first-order valence-electron chi connectivity index (χ1n) is 11.4. The van der Waals surface area contributed by atoms with E-state index in [2.05, 4.69) is 46.3 Å². The maximum Gasteiger partial charge on any atom is 0.115 e. The van der Waals surface area contributed by atoms with Gasteiger partial charge in [0, 0.05) is 34.6 Å². The van der Waals surface area contributed by atoms with Crippen molar-refractivity contribution in [1.29, 1.82) is 0 Å². The van der Waals surface area contributed by atoms with Crippen LogP contribution in [0.1, 0.15) is 41.6 Å². The minimum absolute atomic E-state index is 0.172. The lowest BCUT2D eigenvalue weighted by Crippen LogP contribution is -2.62. The van der Waals surface area contributed by atoms with Gasteiger partial charge in [0.25, 0.3) is 0 Å². The van der Waals surface area contributed by atoms with Crippen LogP contribution < -0.4 is 0 Å². The number of piperidine rings is 1. The van der Waals surface area contributed by atoms with Crippen molar-refractivity contribution in [3.8, 4) is 5.75 Å². The van der Waals surface area contributed by atoms with E-state index in [-0.39, 0.29) is 5.41 Å². The molecule has 3 aromatic rings. The number of nitrogens with zero attached hydrogens (tertiary/aromatic N) is 1. The van der Waals surface area contributed by atoms with E-state index < -0.39 is 0 Å². The minimum Gasteiger partial charge on any atom is -0.508 e. The molecule has 1 saturated heterocycles. The maximum atomic E-state index is 10.3. The van der Waals surface area contributed by atoms with E-state index in [1.54, 1.807) is 5.56 Å². The Bertz CT molecular complexity index is 1130. The molecule has 4 aliphatic rings. The van der Waals surface area contributed by atoms with Crippen molar-refractivity contribution >= 4 is 10.9 Å². The Hall–Kier alpha value is -2.26. The van der Waals surface area contributed by atoms with Crippen molar-refractivity contribution in [2.45, 2.75) is 50.0 Å². The van der Waals surface area contributed by atoms with E-state index in [9.17, 15) is 5.11 Å². The van der Waals surface area contributed by atoms with Gasteiger partial charge in [-0.15, -0.1) is 0 Å². The lowest BCUT2D eigenvalue weighted by atomic mass is 9.52. The van der Waals surface area contributed by atoms with Crippen LogP contribution in [0.3, 0.4) is 0 Å². The highest BCUT2D eigenvalue weighted by molar-refractivity contribution is 5.85. The van der Waals surface area contributed by atoms with Gasteiger partial charge in [0.2, 0.25) is 0 Å². The van der Waals surface area contributed by atoms with Crippen LogP contribution in [0.15, 0.2) is 42.5 Å². The van der Waals surface area contributed by atoms with E-state index in [1.807, 2.05) is 6.07 Å². The summed E-state index contributed by atoms with van der Waals surface area (Å²) in [7, 11) is 0. The number of fused-ring (bicyclic) bond motifs is 4. The number of para-hydroxylation sites is 1. The molecule has 1 aliphatic heterocycles. The molecule has 3 aliphatic carbocycles. The van der Waals surface area contributed by atoms with Crippen molar-refractivity contribution < 1.29 is 5.11 Å². The molecule has 1 saturated carbocycles. The zero-order valence-electron chi connectivity index (χ0n) is 16.8. The molecule has 0 amide bonds. The molecule has 2 fully saturated rings. The van der Waals surface area contributed by atoms with Crippen LogP contribution in [0.25, 0.3) is 10.9 Å². The monoisotopic (exact) mass is 384 g/mol. The molecule has 148 valence electrons. The second kappa shape index (κ2) is 5.66. The smallest absolute Gasteiger partial charge is 0.115 e. The number of rotatable bonds is 2. The standard InChI is InChI=1S/C26H28N2O/c29-18-8-7-17-11-25-22-13-20-19-3-1-2-4-23(19)27-24(20)14-26(22,21(17)12-18)9-10-28(25)15-16-5-6-16/h1-4,7-8,12,16,22,25,27,29H,5-6,9-11,13-15H2/t22?,25-,26-/m0/s1. The number of phenols is 1. The fraction of sp³-hybridized carbons (Fsp3) is 0.462. The van der Waals surface area contributed by atoms with Crippen LogP contribution >= 0.6 is 0 Å². The topological polar surface area (TPSA) is 39.3 Å². The quantitative estimate of drug-likeness (QED) is 0.680. The zero-order valence-corrected chi connectivity index (χ0v) is 16.8. The van der Waals surface area contributed by atoms with Gasteiger partial charge in [0.1, 0.15) is 5.75 Å². The van der Waals surface area contributed by atoms with Gasteiger partial charge in [-0.25, -0.2) is 0 Å². The van der Waals surface area contributed by atoms with Gasteiger partial charge in [0.05, 0.1) is 0 Å². The Labute approximate surface area is 171 Å². The zero-order chi connectivity index (χ0) is 19.2. The first-order valence-corrected chi connectivity index (χ1v) is 11.4. The summed E-state index contributed by atoms with van der Waals surface area (Å²) >= 11 is 0. The maximum absolute atomic E-state index is 10.3. The van der Waals surface area contributed by atoms with Crippen molar-refractivity contribution in [2.75, 3.05) is 13.1 Å². The Morgan fingerprint density at radius 3 is 2.90 bits per heavy atom. The summed E-state index contributed by atoms with van der Waals surface area (Å²) in [6.45, 7) is 2.51. The molecule has 0 radical (unpaired) electrons. The largest absolute Gasteiger partial charge is 0.508 e. The predicted molar refractivity (Wildman–Crippen MR) is 115 cm³/mol. The molecule has 3 heteroatoms. The van der Waals surface area contributed by atoms with Crippen LogP contribution in [-0.4, -0.2) is 34.1 Å². The molecule has 2 N–H and O–H groups in total. The summed E-state index contributed by atoms with van der Waals surface area (Å²) in [6, 6.07) is 15.7. The van der Waals surface area contributed by atoms with Gasteiger partial charge in [-0.2, -0.15) is 0 Å². The number of hydrogen-bond acceptors (Lipinski definition) is 2. The number of nitrogens with one attached hydrogen (secondary N) is 1. The summed E-state index contributed by atoms with van der Waals surface area (Å²) in [6.07, 6.45) is 7.47. The van der Waals surface area contributed by atoms with E-state index >= 15 is 0 Å². The molecule has 7 rings (SSSR count). The van der Waals surface area contributed by atoms with Gasteiger partial charge < -0.3 is 10.1 Å². The molecule has 3 atom stereocenters. The molecule has 2 aromatic carbocycles. The summed E-state index contributed by atoms with van der Waals surface area (Å²) in [4.78, 5) is 6.61. The van der Waals surface area contributed by atoms with Gasteiger partial charge >= 0.3 is 0 Å². The molecule has 2 bridgehead atoms. The van der Waals surface area contributed by atoms with Crippen molar-refractivity contribution in [3.63, 3.8) is 0 Å². The Morgan fingerprint density at radius 1 is 1.10 bits per heavy atom. The Kier molecular flexibility index (Phi) is 3.23. The number of aromatic hydroxyl groups is 1. The number of benzene rings is 2. The molecule has 3 nitrogen and oxygen atoms in total. The van der Waals surface area contributed by atoms with Crippen LogP contribution in [0, 0.1) is 11.8 Å². The van der Waals surface area contributed by atoms with Crippen molar-refractivity contribution in [3.05, 3.63) is 64.8 Å². The van der Waals surface area contributed by atoms with E-state index in [0.717, 1.165) is 18.8 Å². The average Bonchev–Trinajstić information content (AvgIpc) is 3.48. The molecular weight excluding hydrogens is 356 g/mol. The first-order chi connectivity index (χ1) is 14.2. The van der Waals surface area contributed by atoms with Gasteiger partial charge in [-0.05, 0) is 91.8 Å². The number of likely N-dealkylation sites (tertiary alicyclic amines) is 1. The van der Waals surface area contributed by atoms with Crippen molar-refractivity contribution in [1.82, 2.24) is 9.88 Å². The third-order valence-electron chi connectivity index (χ3n) is 8.56. The van der Waals surface area contributed by atoms with Gasteiger partial charge in [-0.1, -0.05) is 24.3 Å². The highest BCUT2D eigenvalue weighted by atomic mass is 16.3. The molecular formula is C26H28N2O. The molecule has 1 aromatic heterocycles. The fourth-order valence-electron chi connectivity index (χ4n) is 7.03. The molecule has 2 heterocycles. The predicted octanol–water partition coefficient (Wildman–Crippen LogP) is 4.57. The number of aromatic nitrogens is 1. The minimum atomic E-state index is 0.172. The Balaban J connectivity index is 1.41. The summed E-state index contributed by atoms with van der Waals surface area (Å²) in [5, 5.41) is 11.8. The lowest BCUT2D eigenvalue weighted by molar-refractivity contribution is 0.00515. The highest BCUT2D eigenvalue weighted by Crippen LogP contribution is 2.56. The summed E-state index contributed by atoms with van der Waals surface area (Å²) < 4.78 is 0. The number of hydrogen-bond donors (Lipinski definition) is 2. The van der Waals surface area contributed by atoms with Gasteiger partial charge in [0.15, 0.2) is 0 Å². The third kappa shape index (κ3) is 2.28. The molecule has 29 heavy (non-hydrogen) atoms. The fourth-order valence-corrected chi connectivity index (χ4v) is 7.03. The second-order valence-corrected chi connectivity index (χ2v) is 10.1. The molecule has 1 unspecified atom stereocenters. The molecule has 0 spiro atoms. The number of H-pyrrole nitrogens is 1. The van der Waals surface area contributed by atoms with Crippen molar-refractivity contribution in [2.24, 2.45) is 11.8 Å². The number of phenolic OH excluding ortho intramolecular Hbond substituents is 1. The van der Waals surface area contributed by atoms with E-state index in [0.29, 0.717) is 17.7 Å². The van der Waals surface area contributed by atoms with Crippen LogP contribution in [-0.2, 0) is 24.7 Å². The van der Waals surface area contributed by atoms with Gasteiger partial charge in [-0.3, -0.25) is 4.90 Å². The van der Waals surface area contributed by atoms with Crippen LogP contribution in [0.4, 0.5) is 0 Å². The first kappa shape index (κ1) is 16.5. The van der Waals surface area contributed by atoms with E-state index in [4.69, 9.17) is 0 Å². The SMILES string of the molecule is Oc1ccc2c(c1)[C@@]13CCN(CC4CC4)[C@@H](C2)C1Cc1c([nH]c2ccccc12)C3. The van der Waals surface area contributed by atoms with Crippen LogP contribution in [0.2, 0.25) is 0 Å². The van der Waals surface area contributed by atoms with Crippen LogP contribution in [0.5, 0.6) is 5.75 Å². The summed E-state index contributed by atoms with van der Waals surface area (Å²) in [5.41, 5.74) is 7.37. The highest BCUT2D eigenvalue weighted by Gasteiger charge is 2.55. The lowest BCUT2D eigenvalue weighted by Gasteiger charge is -2.59.